The van der Waals surface area contributed by atoms with E-state index >= 15 is 0 Å². The molecular formula is C9H8ClN3O3. The summed E-state index contributed by atoms with van der Waals surface area (Å²) in [5.41, 5.74) is 5.11. The minimum atomic E-state index is -0.742. The fourth-order valence-electron chi connectivity index (χ4n) is 0.949. The van der Waals surface area contributed by atoms with E-state index in [1.54, 1.807) is 6.07 Å². The van der Waals surface area contributed by atoms with E-state index in [0.29, 0.717) is 5.75 Å². The monoisotopic (exact) mass is 241 g/mol. The molecule has 6 nitrogen and oxygen atoms in total. The summed E-state index contributed by atoms with van der Waals surface area (Å²) in [6, 6.07) is 4.99. The van der Waals surface area contributed by atoms with Crippen molar-refractivity contribution >= 4 is 17.3 Å². The molecule has 16 heavy (non-hydrogen) atoms. The van der Waals surface area contributed by atoms with Crippen LogP contribution < -0.4 is 10.5 Å². The highest BCUT2D eigenvalue weighted by Crippen LogP contribution is 2.28. The zero-order valence-electron chi connectivity index (χ0n) is 8.09. The SMILES string of the molecule is N#CC(N)COc1ccc([N+](=O)[O-])c(Cl)c1. The standard InChI is InChI=1S/C9H8ClN3O3/c10-8-3-7(16-5-6(12)4-11)1-2-9(8)13(14)15/h1-3,6H,5,12H2. The Labute approximate surface area is 96.3 Å². The number of hydrogen-bond acceptors (Lipinski definition) is 5. The Morgan fingerprint density at radius 2 is 2.38 bits per heavy atom. The topological polar surface area (TPSA) is 102 Å². The lowest BCUT2D eigenvalue weighted by Crippen LogP contribution is -2.25. The lowest BCUT2D eigenvalue weighted by atomic mass is 10.3. The van der Waals surface area contributed by atoms with Crippen LogP contribution in [-0.2, 0) is 0 Å². The van der Waals surface area contributed by atoms with E-state index in [-0.39, 0.29) is 17.3 Å². The van der Waals surface area contributed by atoms with Gasteiger partial charge < -0.3 is 10.5 Å². The molecule has 1 unspecified atom stereocenters. The van der Waals surface area contributed by atoms with Crippen LogP contribution in [0.4, 0.5) is 5.69 Å². The molecule has 0 aliphatic rings. The minimum absolute atomic E-state index is 0.00460. The second-order valence-electron chi connectivity index (χ2n) is 2.92. The van der Waals surface area contributed by atoms with E-state index in [2.05, 4.69) is 0 Å². The third-order valence-electron chi connectivity index (χ3n) is 1.71. The van der Waals surface area contributed by atoms with Gasteiger partial charge in [-0.3, -0.25) is 10.1 Å². The average molecular weight is 242 g/mol. The predicted molar refractivity (Wildman–Crippen MR) is 57.2 cm³/mol. The van der Waals surface area contributed by atoms with E-state index in [0.717, 1.165) is 0 Å². The quantitative estimate of drug-likeness (QED) is 0.635. The summed E-state index contributed by atoms with van der Waals surface area (Å²) in [4.78, 5) is 9.87. The van der Waals surface area contributed by atoms with Crippen molar-refractivity contribution in [2.75, 3.05) is 6.61 Å². The summed E-state index contributed by atoms with van der Waals surface area (Å²) in [5.74, 6) is 0.335. The zero-order chi connectivity index (χ0) is 12.1. The van der Waals surface area contributed by atoms with Crippen molar-refractivity contribution in [2.24, 2.45) is 5.73 Å². The van der Waals surface area contributed by atoms with Gasteiger partial charge in [-0.25, -0.2) is 0 Å². The Morgan fingerprint density at radius 3 is 2.88 bits per heavy atom. The Morgan fingerprint density at radius 1 is 1.69 bits per heavy atom. The van der Waals surface area contributed by atoms with Gasteiger partial charge in [-0.2, -0.15) is 5.26 Å². The fourth-order valence-corrected chi connectivity index (χ4v) is 1.19. The molecule has 0 fully saturated rings. The third-order valence-corrected chi connectivity index (χ3v) is 2.01. The van der Waals surface area contributed by atoms with Gasteiger partial charge >= 0.3 is 0 Å². The van der Waals surface area contributed by atoms with Gasteiger partial charge in [0.1, 0.15) is 23.4 Å². The molecule has 0 spiro atoms. The molecule has 0 heterocycles. The Bertz CT molecular complexity index is 444. The normalized spacial score (nSPS) is 11.6. The van der Waals surface area contributed by atoms with E-state index in [9.17, 15) is 10.1 Å². The number of benzene rings is 1. The van der Waals surface area contributed by atoms with Crippen molar-refractivity contribution < 1.29 is 9.66 Å². The fraction of sp³-hybridized carbons (Fsp3) is 0.222. The summed E-state index contributed by atoms with van der Waals surface area (Å²) < 4.78 is 5.12. The Kier molecular flexibility index (Phi) is 4.05. The molecule has 0 radical (unpaired) electrons. The number of rotatable bonds is 4. The number of nitrogens with zero attached hydrogens (tertiary/aromatic N) is 2. The van der Waals surface area contributed by atoms with Crippen LogP contribution in [-0.4, -0.2) is 17.6 Å². The van der Waals surface area contributed by atoms with Gasteiger partial charge in [0.15, 0.2) is 0 Å². The van der Waals surface area contributed by atoms with Crippen LogP contribution in [0.5, 0.6) is 5.75 Å². The highest BCUT2D eigenvalue weighted by Gasteiger charge is 2.12. The molecule has 0 bridgehead atoms. The molecule has 1 rings (SSSR count). The van der Waals surface area contributed by atoms with Crippen LogP contribution in [0, 0.1) is 21.4 Å². The van der Waals surface area contributed by atoms with E-state index in [1.165, 1.54) is 18.2 Å². The van der Waals surface area contributed by atoms with Crippen LogP contribution in [0.25, 0.3) is 0 Å². The van der Waals surface area contributed by atoms with Crippen molar-refractivity contribution in [3.8, 4) is 11.8 Å². The van der Waals surface area contributed by atoms with Crippen molar-refractivity contribution in [3.05, 3.63) is 33.3 Å². The first-order valence-electron chi connectivity index (χ1n) is 4.26. The molecule has 0 saturated carbocycles. The summed E-state index contributed by atoms with van der Waals surface area (Å²) in [7, 11) is 0. The molecule has 1 atom stereocenters. The van der Waals surface area contributed by atoms with E-state index in [1.807, 2.05) is 0 Å². The number of nitro benzene ring substituents is 1. The number of hydrogen-bond donors (Lipinski definition) is 1. The number of nitrogens with two attached hydrogens (primary N) is 1. The smallest absolute Gasteiger partial charge is 0.288 e. The van der Waals surface area contributed by atoms with E-state index < -0.39 is 11.0 Å². The van der Waals surface area contributed by atoms with Gasteiger partial charge in [0.05, 0.1) is 11.0 Å². The molecule has 1 aromatic carbocycles. The summed E-state index contributed by atoms with van der Waals surface area (Å²) in [6.07, 6.45) is 0. The highest BCUT2D eigenvalue weighted by molar-refractivity contribution is 6.32. The first kappa shape index (κ1) is 12.2. The number of ether oxygens (including phenoxy) is 1. The maximum atomic E-state index is 10.5. The maximum absolute atomic E-state index is 10.5. The van der Waals surface area contributed by atoms with Crippen LogP contribution in [0.2, 0.25) is 5.02 Å². The van der Waals surface area contributed by atoms with Crippen LogP contribution in [0.3, 0.4) is 0 Å². The molecule has 2 N–H and O–H groups in total. The molecule has 84 valence electrons. The van der Waals surface area contributed by atoms with Crippen LogP contribution >= 0.6 is 11.6 Å². The largest absolute Gasteiger partial charge is 0.491 e. The molecule has 0 aliphatic carbocycles. The third kappa shape index (κ3) is 3.08. The van der Waals surface area contributed by atoms with Crippen molar-refractivity contribution in [3.63, 3.8) is 0 Å². The van der Waals surface area contributed by atoms with Crippen molar-refractivity contribution in [2.45, 2.75) is 6.04 Å². The second-order valence-corrected chi connectivity index (χ2v) is 3.32. The van der Waals surface area contributed by atoms with Crippen LogP contribution in [0.1, 0.15) is 0 Å². The molecule has 0 aliphatic heterocycles. The lowest BCUT2D eigenvalue weighted by Gasteiger charge is -2.07. The predicted octanol–water partition coefficient (Wildman–Crippen LogP) is 1.48. The minimum Gasteiger partial charge on any atom is -0.491 e. The molecule has 1 aromatic rings. The van der Waals surface area contributed by atoms with Gasteiger partial charge in [0.2, 0.25) is 0 Å². The summed E-state index contributed by atoms with van der Waals surface area (Å²) >= 11 is 5.66. The van der Waals surface area contributed by atoms with Crippen LogP contribution in [0.15, 0.2) is 18.2 Å². The maximum Gasteiger partial charge on any atom is 0.288 e. The van der Waals surface area contributed by atoms with Gasteiger partial charge in [0, 0.05) is 12.1 Å². The van der Waals surface area contributed by atoms with Gasteiger partial charge in [-0.05, 0) is 6.07 Å². The molecule has 0 saturated heterocycles. The zero-order valence-corrected chi connectivity index (χ0v) is 8.85. The van der Waals surface area contributed by atoms with E-state index in [4.69, 9.17) is 27.3 Å². The number of nitro groups is 1. The summed E-state index contributed by atoms with van der Waals surface area (Å²) in [5, 5.41) is 18.9. The highest BCUT2D eigenvalue weighted by atomic mass is 35.5. The average Bonchev–Trinajstić information content (AvgIpc) is 2.25. The number of nitriles is 1. The van der Waals surface area contributed by atoms with Gasteiger partial charge in [0.25, 0.3) is 5.69 Å². The molecule has 7 heteroatoms. The van der Waals surface area contributed by atoms with Gasteiger partial charge in [-0.1, -0.05) is 11.6 Å². The molecule has 0 aromatic heterocycles. The first-order chi connectivity index (χ1) is 7.54. The lowest BCUT2D eigenvalue weighted by molar-refractivity contribution is -0.384. The molecule has 0 amide bonds. The first-order valence-corrected chi connectivity index (χ1v) is 4.64. The Balaban J connectivity index is 2.75. The second kappa shape index (κ2) is 5.30. The van der Waals surface area contributed by atoms with Crippen molar-refractivity contribution in [1.82, 2.24) is 0 Å². The molecular weight excluding hydrogens is 234 g/mol. The van der Waals surface area contributed by atoms with Gasteiger partial charge in [-0.15, -0.1) is 0 Å². The summed E-state index contributed by atoms with van der Waals surface area (Å²) in [6.45, 7) is 0.00460. The Hall–Kier alpha value is -1.84. The van der Waals surface area contributed by atoms with Crippen molar-refractivity contribution in [1.29, 1.82) is 5.26 Å². The number of halogens is 1.